The number of aromatic nitrogens is 2. The predicted molar refractivity (Wildman–Crippen MR) is 131 cm³/mol. The second-order valence-electron chi connectivity index (χ2n) is 7.51. The van der Waals surface area contributed by atoms with Crippen molar-refractivity contribution in [2.75, 3.05) is 12.4 Å². The maximum Gasteiger partial charge on any atom is 0.336 e. The van der Waals surface area contributed by atoms with Crippen molar-refractivity contribution in [3.8, 4) is 11.4 Å². The minimum Gasteiger partial charge on any atom is -0.497 e. The van der Waals surface area contributed by atoms with Gasteiger partial charge in [0, 0.05) is 16.2 Å². The summed E-state index contributed by atoms with van der Waals surface area (Å²) < 4.78 is 22.7. The van der Waals surface area contributed by atoms with Crippen LogP contribution < -0.4 is 21.3 Å². The van der Waals surface area contributed by atoms with Gasteiger partial charge in [0.25, 0.3) is 5.56 Å². The molecule has 2 aromatic heterocycles. The number of methoxy groups -OCH3 is 1. The first kappa shape index (κ1) is 21.6. The largest absolute Gasteiger partial charge is 0.497 e. The number of hydrogen-bond donors (Lipinski definition) is 1. The number of carbonyl (C=O) groups is 1. The van der Waals surface area contributed by atoms with Crippen molar-refractivity contribution >= 4 is 43.2 Å². The molecule has 0 aliphatic rings. The molecule has 0 radical (unpaired) electrons. The van der Waals surface area contributed by atoms with Crippen LogP contribution in [-0.2, 0) is 11.3 Å². The fourth-order valence-corrected chi connectivity index (χ4v) is 5.01. The summed E-state index contributed by atoms with van der Waals surface area (Å²) in [6.45, 7) is -0.408. The van der Waals surface area contributed by atoms with E-state index in [9.17, 15) is 18.8 Å². The number of nitrogens with one attached hydrogen (secondary N) is 1. The smallest absolute Gasteiger partial charge is 0.336 e. The zero-order chi connectivity index (χ0) is 23.8. The van der Waals surface area contributed by atoms with Gasteiger partial charge in [0.15, 0.2) is 0 Å². The number of rotatable bonds is 5. The summed E-state index contributed by atoms with van der Waals surface area (Å²) in [6, 6.07) is 19.6. The number of carbonyl (C=O) groups excluding carboxylic acids is 1. The Kier molecular flexibility index (Phi) is 5.46. The molecule has 0 aliphatic heterocycles. The first-order chi connectivity index (χ1) is 16.5. The molecule has 0 unspecified atom stereocenters. The van der Waals surface area contributed by atoms with Crippen LogP contribution in [-0.4, -0.2) is 22.2 Å². The lowest BCUT2D eigenvalue weighted by Crippen LogP contribution is -2.40. The lowest BCUT2D eigenvalue weighted by molar-refractivity contribution is -0.116. The molecule has 2 heterocycles. The van der Waals surface area contributed by atoms with E-state index in [1.807, 2.05) is 12.1 Å². The molecule has 9 heteroatoms. The quantitative estimate of drug-likeness (QED) is 0.414. The van der Waals surface area contributed by atoms with Crippen LogP contribution in [0.5, 0.6) is 5.75 Å². The summed E-state index contributed by atoms with van der Waals surface area (Å²) in [7, 11) is 1.49. The minimum absolute atomic E-state index is 0.00749. The van der Waals surface area contributed by atoms with Gasteiger partial charge in [0.2, 0.25) is 5.91 Å². The molecule has 34 heavy (non-hydrogen) atoms. The number of nitrogens with zero attached hydrogens (tertiary/aromatic N) is 2. The van der Waals surface area contributed by atoms with Crippen LogP contribution in [0, 0.1) is 5.82 Å². The van der Waals surface area contributed by atoms with Crippen molar-refractivity contribution in [2.45, 2.75) is 6.54 Å². The number of hydrogen-bond acceptors (Lipinski definition) is 5. The molecular weight excluding hydrogens is 457 g/mol. The van der Waals surface area contributed by atoms with E-state index in [2.05, 4.69) is 5.32 Å². The van der Waals surface area contributed by atoms with Crippen LogP contribution in [0.2, 0.25) is 0 Å². The lowest BCUT2D eigenvalue weighted by atomic mass is 10.2. The van der Waals surface area contributed by atoms with Gasteiger partial charge < -0.3 is 10.1 Å². The second kappa shape index (κ2) is 8.60. The summed E-state index contributed by atoms with van der Waals surface area (Å²) in [5, 5.41) is 3.19. The zero-order valence-corrected chi connectivity index (χ0v) is 18.8. The summed E-state index contributed by atoms with van der Waals surface area (Å²) in [6.07, 6.45) is 0. The summed E-state index contributed by atoms with van der Waals surface area (Å²) >= 11 is 1.25. The van der Waals surface area contributed by atoms with E-state index in [0.29, 0.717) is 27.0 Å². The average molecular weight is 476 g/mol. The summed E-state index contributed by atoms with van der Waals surface area (Å²) in [4.78, 5) is 40.0. The molecule has 5 rings (SSSR count). The summed E-state index contributed by atoms with van der Waals surface area (Å²) in [5.41, 5.74) is -0.471. The third-order valence-electron chi connectivity index (χ3n) is 5.42. The Morgan fingerprint density at radius 2 is 1.79 bits per heavy atom. The number of amides is 1. The third kappa shape index (κ3) is 3.65. The lowest BCUT2D eigenvalue weighted by Gasteiger charge is -2.13. The molecule has 1 amide bonds. The molecule has 0 fully saturated rings. The Morgan fingerprint density at radius 1 is 1.03 bits per heavy atom. The van der Waals surface area contributed by atoms with Crippen molar-refractivity contribution < 1.29 is 13.9 Å². The van der Waals surface area contributed by atoms with Crippen molar-refractivity contribution in [1.29, 1.82) is 0 Å². The second-order valence-corrected chi connectivity index (χ2v) is 8.57. The number of para-hydroxylation sites is 1. The fourth-order valence-electron chi connectivity index (χ4n) is 3.87. The van der Waals surface area contributed by atoms with Gasteiger partial charge in [0.1, 0.15) is 22.8 Å². The van der Waals surface area contributed by atoms with E-state index in [1.54, 1.807) is 42.5 Å². The van der Waals surface area contributed by atoms with Gasteiger partial charge in [-0.25, -0.2) is 13.8 Å². The van der Waals surface area contributed by atoms with E-state index in [-0.39, 0.29) is 5.69 Å². The number of halogens is 1. The van der Waals surface area contributed by atoms with Gasteiger partial charge >= 0.3 is 5.69 Å². The van der Waals surface area contributed by atoms with Crippen molar-refractivity contribution in [3.63, 3.8) is 0 Å². The Labute approximate surface area is 196 Å². The number of benzene rings is 3. The Hall–Kier alpha value is -4.24. The average Bonchev–Trinajstić information content (AvgIpc) is 3.23. The van der Waals surface area contributed by atoms with Gasteiger partial charge in [-0.2, -0.15) is 0 Å². The number of fused-ring (bicyclic) bond motifs is 3. The Morgan fingerprint density at radius 3 is 2.59 bits per heavy atom. The number of ether oxygens (including phenoxy) is 1. The monoisotopic (exact) mass is 475 g/mol. The van der Waals surface area contributed by atoms with E-state index in [0.717, 1.165) is 9.27 Å². The van der Waals surface area contributed by atoms with E-state index < -0.39 is 29.5 Å². The molecule has 7 nitrogen and oxygen atoms in total. The van der Waals surface area contributed by atoms with Crippen LogP contribution in [0.4, 0.5) is 10.1 Å². The van der Waals surface area contributed by atoms with E-state index >= 15 is 0 Å². The van der Waals surface area contributed by atoms with Gasteiger partial charge in [0.05, 0.1) is 24.0 Å². The van der Waals surface area contributed by atoms with Crippen LogP contribution in [0.1, 0.15) is 0 Å². The maximum absolute atomic E-state index is 14.1. The maximum atomic E-state index is 14.1. The highest BCUT2D eigenvalue weighted by atomic mass is 32.1. The molecule has 170 valence electrons. The highest BCUT2D eigenvalue weighted by Crippen LogP contribution is 2.31. The molecule has 0 saturated heterocycles. The molecular formula is C25H18FN3O4S. The summed E-state index contributed by atoms with van der Waals surface area (Å²) in [5.74, 6) is -0.709. The van der Waals surface area contributed by atoms with E-state index in [1.165, 1.54) is 41.2 Å². The minimum atomic E-state index is -0.682. The van der Waals surface area contributed by atoms with Crippen molar-refractivity contribution in [1.82, 2.24) is 9.13 Å². The van der Waals surface area contributed by atoms with E-state index in [4.69, 9.17) is 4.74 Å². The predicted octanol–water partition coefficient (Wildman–Crippen LogP) is 4.15. The standard InChI is InChI=1S/C25H18FN3O4S/c1-33-16-8-6-7-15(13-16)29-24(31)23-22(17-9-2-5-12-20(17)34-23)28(25(29)32)14-21(30)27-19-11-4-3-10-18(19)26/h2-13H,14H2,1H3,(H,27,30). The molecule has 0 saturated carbocycles. The molecule has 0 aliphatic carbocycles. The zero-order valence-electron chi connectivity index (χ0n) is 17.9. The van der Waals surface area contributed by atoms with Crippen LogP contribution in [0.15, 0.2) is 82.4 Å². The highest BCUT2D eigenvalue weighted by Gasteiger charge is 2.21. The molecule has 0 bridgehead atoms. The van der Waals surface area contributed by atoms with Crippen LogP contribution in [0.25, 0.3) is 26.0 Å². The van der Waals surface area contributed by atoms with Crippen molar-refractivity contribution in [3.05, 3.63) is 99.5 Å². The number of anilines is 1. The Balaban J connectivity index is 1.73. The molecule has 3 aromatic carbocycles. The van der Waals surface area contributed by atoms with Gasteiger partial charge in [-0.1, -0.05) is 36.4 Å². The molecule has 0 atom stereocenters. The molecule has 5 aromatic rings. The SMILES string of the molecule is COc1cccc(-n2c(=O)c3sc4ccccc4c3n(CC(=O)Nc3ccccc3F)c2=O)c1. The normalized spacial score (nSPS) is 11.1. The molecule has 1 N–H and O–H groups in total. The Bertz CT molecular complexity index is 1690. The first-order valence-corrected chi connectivity index (χ1v) is 11.2. The van der Waals surface area contributed by atoms with Crippen molar-refractivity contribution in [2.24, 2.45) is 0 Å². The van der Waals surface area contributed by atoms with Crippen LogP contribution in [0.3, 0.4) is 0 Å². The van der Waals surface area contributed by atoms with Gasteiger partial charge in [-0.3, -0.25) is 14.2 Å². The topological polar surface area (TPSA) is 82.3 Å². The molecule has 0 spiro atoms. The van der Waals surface area contributed by atoms with Crippen LogP contribution >= 0.6 is 11.3 Å². The van der Waals surface area contributed by atoms with Gasteiger partial charge in [-0.15, -0.1) is 11.3 Å². The third-order valence-corrected chi connectivity index (χ3v) is 6.57. The fraction of sp³-hybridized carbons (Fsp3) is 0.0800. The number of thiophene rings is 1. The van der Waals surface area contributed by atoms with Gasteiger partial charge in [-0.05, 0) is 30.3 Å². The highest BCUT2D eigenvalue weighted by molar-refractivity contribution is 7.25. The first-order valence-electron chi connectivity index (χ1n) is 10.3.